The Bertz CT molecular complexity index is 303. The molecule has 0 atom stereocenters. The summed E-state index contributed by atoms with van der Waals surface area (Å²) in [6.07, 6.45) is 0. The molecule has 11 heavy (non-hydrogen) atoms. The zero-order valence-electron chi connectivity index (χ0n) is 5.87. The van der Waals surface area contributed by atoms with Gasteiger partial charge in [0.25, 0.3) is 5.69 Å². The molecule has 1 aromatic carbocycles. The molecule has 3 nitrogen and oxygen atoms in total. The van der Waals surface area contributed by atoms with E-state index in [1.807, 2.05) is 0 Å². The van der Waals surface area contributed by atoms with E-state index in [-0.39, 0.29) is 5.69 Å². The molecule has 5 heteroatoms. The van der Waals surface area contributed by atoms with Gasteiger partial charge in [-0.05, 0) is 11.5 Å². The fourth-order valence-electron chi connectivity index (χ4n) is 0.742. The Hall–Kier alpha value is -1.39. The van der Waals surface area contributed by atoms with Crippen molar-refractivity contribution < 1.29 is 9.31 Å². The third-order valence-corrected chi connectivity index (χ3v) is 1.35. The van der Waals surface area contributed by atoms with Crippen molar-refractivity contribution in [1.29, 1.82) is 0 Å². The molecule has 0 amide bonds. The van der Waals surface area contributed by atoms with Crippen molar-refractivity contribution >= 4 is 19.0 Å². The highest BCUT2D eigenvalue weighted by molar-refractivity contribution is 6.32. The summed E-state index contributed by atoms with van der Waals surface area (Å²) in [7, 11) is 1.49. The molecule has 0 saturated carbocycles. The van der Waals surface area contributed by atoms with Crippen molar-refractivity contribution in [1.82, 2.24) is 0 Å². The van der Waals surface area contributed by atoms with Gasteiger partial charge in [0.15, 0.2) is 0 Å². The van der Waals surface area contributed by atoms with E-state index in [1.54, 1.807) is 0 Å². The molecule has 0 heterocycles. The molecule has 0 bridgehead atoms. The van der Waals surface area contributed by atoms with Gasteiger partial charge in [-0.15, -0.1) is 0 Å². The average molecular weight is 153 g/mol. The van der Waals surface area contributed by atoms with Crippen LogP contribution in [-0.4, -0.2) is 12.8 Å². The SMILES string of the molecule is Bc1cc([N+](=O)[O-])ccc1F. The molecule has 0 radical (unpaired) electrons. The lowest BCUT2D eigenvalue weighted by atomic mass is 9.95. The lowest BCUT2D eigenvalue weighted by molar-refractivity contribution is -0.384. The van der Waals surface area contributed by atoms with Crippen LogP contribution in [0.4, 0.5) is 10.1 Å². The second-order valence-electron chi connectivity index (χ2n) is 2.19. The minimum Gasteiger partial charge on any atom is -0.258 e. The predicted molar refractivity (Wildman–Crippen MR) is 41.2 cm³/mol. The summed E-state index contributed by atoms with van der Waals surface area (Å²) in [6.45, 7) is 0. The van der Waals surface area contributed by atoms with E-state index in [0.29, 0.717) is 5.46 Å². The summed E-state index contributed by atoms with van der Waals surface area (Å²) < 4.78 is 12.5. The van der Waals surface area contributed by atoms with E-state index in [9.17, 15) is 14.5 Å². The van der Waals surface area contributed by atoms with Crippen molar-refractivity contribution in [3.8, 4) is 0 Å². The molecule has 1 aromatic rings. The van der Waals surface area contributed by atoms with Crippen LogP contribution in [0.15, 0.2) is 18.2 Å². The first kappa shape index (κ1) is 7.72. The van der Waals surface area contributed by atoms with Gasteiger partial charge >= 0.3 is 0 Å². The highest BCUT2D eigenvalue weighted by Crippen LogP contribution is 2.07. The molecule has 0 N–H and O–H groups in total. The molecule has 0 fully saturated rings. The summed E-state index contributed by atoms with van der Waals surface area (Å²) >= 11 is 0. The Balaban J connectivity index is 3.15. The van der Waals surface area contributed by atoms with Crippen LogP contribution in [0.2, 0.25) is 0 Å². The maximum atomic E-state index is 12.5. The molecular formula is C6H5BFNO2. The van der Waals surface area contributed by atoms with E-state index in [4.69, 9.17) is 0 Å². The van der Waals surface area contributed by atoms with Crippen molar-refractivity contribution in [2.45, 2.75) is 0 Å². The molecule has 0 aromatic heterocycles. The van der Waals surface area contributed by atoms with E-state index < -0.39 is 10.7 Å². The largest absolute Gasteiger partial charge is 0.269 e. The van der Waals surface area contributed by atoms with E-state index in [1.165, 1.54) is 13.9 Å². The van der Waals surface area contributed by atoms with Crippen LogP contribution in [0.25, 0.3) is 0 Å². The number of benzene rings is 1. The second-order valence-corrected chi connectivity index (χ2v) is 2.19. The normalized spacial score (nSPS) is 9.55. The van der Waals surface area contributed by atoms with Gasteiger partial charge in [0.1, 0.15) is 13.7 Å². The van der Waals surface area contributed by atoms with Crippen LogP contribution in [0, 0.1) is 15.9 Å². The van der Waals surface area contributed by atoms with Gasteiger partial charge < -0.3 is 0 Å². The molecule has 0 aliphatic carbocycles. The van der Waals surface area contributed by atoms with Gasteiger partial charge in [-0.25, -0.2) is 4.39 Å². The molecule has 1 rings (SSSR count). The first-order valence-electron chi connectivity index (χ1n) is 3.02. The Morgan fingerprint density at radius 1 is 1.55 bits per heavy atom. The van der Waals surface area contributed by atoms with Crippen molar-refractivity contribution in [2.75, 3.05) is 0 Å². The number of nitro groups is 1. The average Bonchev–Trinajstić information content (AvgIpc) is 1.94. The second kappa shape index (κ2) is 2.69. The van der Waals surface area contributed by atoms with Crippen molar-refractivity contribution in [3.63, 3.8) is 0 Å². The number of hydrogen-bond donors (Lipinski definition) is 0. The number of non-ortho nitro benzene ring substituents is 1. The lowest BCUT2D eigenvalue weighted by Crippen LogP contribution is -2.08. The molecule has 0 aliphatic rings. The zero-order valence-corrected chi connectivity index (χ0v) is 5.87. The Morgan fingerprint density at radius 3 is 2.64 bits per heavy atom. The molecule has 0 aliphatic heterocycles. The third-order valence-electron chi connectivity index (χ3n) is 1.35. The van der Waals surface area contributed by atoms with Gasteiger partial charge in [-0.1, -0.05) is 0 Å². The van der Waals surface area contributed by atoms with Crippen LogP contribution in [0.1, 0.15) is 0 Å². The number of hydrogen-bond acceptors (Lipinski definition) is 2. The van der Waals surface area contributed by atoms with E-state index in [2.05, 4.69) is 0 Å². The van der Waals surface area contributed by atoms with Crippen LogP contribution in [0.5, 0.6) is 0 Å². The molecule has 0 spiro atoms. The van der Waals surface area contributed by atoms with Crippen LogP contribution < -0.4 is 5.46 Å². The van der Waals surface area contributed by atoms with Crippen LogP contribution in [0.3, 0.4) is 0 Å². The molecule has 56 valence electrons. The first-order valence-corrected chi connectivity index (χ1v) is 3.02. The van der Waals surface area contributed by atoms with Crippen LogP contribution in [-0.2, 0) is 0 Å². The summed E-state index contributed by atoms with van der Waals surface area (Å²) in [5.74, 6) is -0.421. The minimum absolute atomic E-state index is 0.0797. The monoisotopic (exact) mass is 153 g/mol. The van der Waals surface area contributed by atoms with Gasteiger partial charge in [-0.2, -0.15) is 0 Å². The quantitative estimate of drug-likeness (QED) is 0.323. The van der Waals surface area contributed by atoms with Crippen molar-refractivity contribution in [2.24, 2.45) is 0 Å². The van der Waals surface area contributed by atoms with Gasteiger partial charge in [0.05, 0.1) is 4.92 Å². The zero-order chi connectivity index (χ0) is 8.43. The maximum absolute atomic E-state index is 12.5. The smallest absolute Gasteiger partial charge is 0.258 e. The standard InChI is InChI=1S/C6H5BFNO2/c7-5-3-4(9(10)11)1-2-6(5)8/h1-3H,7H2. The van der Waals surface area contributed by atoms with E-state index in [0.717, 1.165) is 12.1 Å². The fraction of sp³-hybridized carbons (Fsp3) is 0. The van der Waals surface area contributed by atoms with Crippen molar-refractivity contribution in [3.05, 3.63) is 34.1 Å². The highest BCUT2D eigenvalue weighted by atomic mass is 19.1. The summed E-state index contributed by atoms with van der Waals surface area (Å²) in [6, 6.07) is 3.44. The predicted octanol–water partition coefficient (Wildman–Crippen LogP) is -0.00770. The summed E-state index contributed by atoms with van der Waals surface area (Å²) in [5.41, 5.74) is 0.211. The van der Waals surface area contributed by atoms with Gasteiger partial charge in [-0.3, -0.25) is 10.1 Å². The Labute approximate surface area is 63.4 Å². The summed E-state index contributed by atoms with van der Waals surface area (Å²) in [4.78, 5) is 9.60. The number of halogens is 1. The third kappa shape index (κ3) is 1.55. The molecular weight excluding hydrogens is 148 g/mol. The fourth-order valence-corrected chi connectivity index (χ4v) is 0.742. The van der Waals surface area contributed by atoms with Gasteiger partial charge in [0.2, 0.25) is 0 Å². The first-order chi connectivity index (χ1) is 5.11. The van der Waals surface area contributed by atoms with Crippen LogP contribution >= 0.6 is 0 Å². The maximum Gasteiger partial charge on any atom is 0.269 e. The lowest BCUT2D eigenvalue weighted by Gasteiger charge is -1.94. The molecule has 0 unspecified atom stereocenters. The van der Waals surface area contributed by atoms with E-state index >= 15 is 0 Å². The minimum atomic E-state index is -0.549. The topological polar surface area (TPSA) is 43.1 Å². The number of rotatable bonds is 1. The Kier molecular flexibility index (Phi) is 1.89. The Morgan fingerprint density at radius 2 is 2.18 bits per heavy atom. The molecule has 0 saturated heterocycles. The van der Waals surface area contributed by atoms with Gasteiger partial charge in [0, 0.05) is 12.1 Å². The number of nitrogens with zero attached hydrogens (tertiary/aromatic N) is 1. The highest BCUT2D eigenvalue weighted by Gasteiger charge is 2.06. The summed E-state index contributed by atoms with van der Waals surface area (Å²) in [5, 5.41) is 10.1. The number of nitro benzene ring substituents is 1.